The van der Waals surface area contributed by atoms with E-state index < -0.39 is 0 Å². The van der Waals surface area contributed by atoms with Crippen LogP contribution in [0.5, 0.6) is 5.75 Å². The van der Waals surface area contributed by atoms with E-state index in [0.717, 1.165) is 28.1 Å². The van der Waals surface area contributed by atoms with Crippen LogP contribution in [0.4, 0.5) is 0 Å². The zero-order valence-electron chi connectivity index (χ0n) is 15.1. The van der Waals surface area contributed by atoms with Crippen molar-refractivity contribution >= 4 is 0 Å². The van der Waals surface area contributed by atoms with Gasteiger partial charge in [-0.25, -0.2) is 0 Å². The van der Waals surface area contributed by atoms with Gasteiger partial charge >= 0.3 is 0 Å². The molecule has 0 aliphatic rings. The molecule has 0 radical (unpaired) electrons. The number of phenolic OH excluding ortho intramolecular Hbond substituents is 1. The van der Waals surface area contributed by atoms with Crippen molar-refractivity contribution < 1.29 is 9.63 Å². The minimum absolute atomic E-state index is 0.0983. The van der Waals surface area contributed by atoms with Gasteiger partial charge in [0, 0.05) is 23.4 Å². The Morgan fingerprint density at radius 2 is 1.88 bits per heavy atom. The summed E-state index contributed by atoms with van der Waals surface area (Å²) in [4.78, 5) is 12.1. The molecule has 0 aliphatic heterocycles. The van der Waals surface area contributed by atoms with Gasteiger partial charge in [-0.1, -0.05) is 37.6 Å². The number of hydrogen-bond acceptors (Lipinski definition) is 4. The van der Waals surface area contributed by atoms with E-state index in [0.29, 0.717) is 6.54 Å². The van der Waals surface area contributed by atoms with Crippen LogP contribution in [0.3, 0.4) is 0 Å². The Balaban J connectivity index is 0.000000701. The van der Waals surface area contributed by atoms with Gasteiger partial charge in [-0.05, 0) is 37.6 Å². The molecule has 0 saturated carbocycles. The molecule has 1 N–H and O–H groups in total. The topological polar surface area (TPSA) is 68.3 Å². The van der Waals surface area contributed by atoms with Crippen molar-refractivity contribution in [3.05, 3.63) is 70.0 Å². The van der Waals surface area contributed by atoms with Crippen molar-refractivity contribution in [2.45, 2.75) is 40.7 Å². The Morgan fingerprint density at radius 3 is 2.48 bits per heavy atom. The van der Waals surface area contributed by atoms with Crippen LogP contribution < -0.4 is 5.56 Å². The lowest BCUT2D eigenvalue weighted by Gasteiger charge is -2.09. The molecule has 0 saturated heterocycles. The van der Waals surface area contributed by atoms with Crippen LogP contribution in [0.1, 0.15) is 37.3 Å². The number of nitrogens with zero attached hydrogens (tertiary/aromatic N) is 2. The van der Waals surface area contributed by atoms with Gasteiger partial charge in [0.05, 0.1) is 12.2 Å². The zero-order valence-corrected chi connectivity index (χ0v) is 15.1. The number of aromatic hydroxyl groups is 1. The maximum Gasteiger partial charge on any atom is 0.250 e. The van der Waals surface area contributed by atoms with Crippen LogP contribution in [0, 0.1) is 13.8 Å². The minimum atomic E-state index is -0.0983. The predicted molar refractivity (Wildman–Crippen MR) is 98.8 cm³/mol. The van der Waals surface area contributed by atoms with Gasteiger partial charge in [0.15, 0.2) is 0 Å². The molecule has 0 atom stereocenters. The van der Waals surface area contributed by atoms with E-state index in [1.54, 1.807) is 35.0 Å². The van der Waals surface area contributed by atoms with Gasteiger partial charge in [-0.15, -0.1) is 0 Å². The third kappa shape index (κ3) is 4.59. The fourth-order valence-corrected chi connectivity index (χ4v) is 2.55. The lowest BCUT2D eigenvalue weighted by atomic mass is 10.1. The summed E-state index contributed by atoms with van der Waals surface area (Å²) in [7, 11) is 0. The summed E-state index contributed by atoms with van der Waals surface area (Å²) in [5, 5.41) is 13.5. The highest BCUT2D eigenvalue weighted by molar-refractivity contribution is 5.66. The molecule has 3 aromatic rings. The molecule has 2 heterocycles. The van der Waals surface area contributed by atoms with E-state index in [9.17, 15) is 9.90 Å². The van der Waals surface area contributed by atoms with Gasteiger partial charge in [0.1, 0.15) is 11.5 Å². The molecule has 0 aliphatic carbocycles. The van der Waals surface area contributed by atoms with Crippen molar-refractivity contribution in [3.63, 3.8) is 0 Å². The lowest BCUT2D eigenvalue weighted by Crippen LogP contribution is -2.19. The molecule has 0 spiro atoms. The van der Waals surface area contributed by atoms with Crippen LogP contribution >= 0.6 is 0 Å². The first kappa shape index (κ1) is 18.5. The first-order valence-corrected chi connectivity index (χ1v) is 8.37. The summed E-state index contributed by atoms with van der Waals surface area (Å²) in [6.45, 7) is 8.36. The second kappa shape index (κ2) is 8.33. The third-order valence-corrected chi connectivity index (χ3v) is 3.57. The van der Waals surface area contributed by atoms with Crippen molar-refractivity contribution in [2.75, 3.05) is 0 Å². The number of hydrogen-bond donors (Lipinski definition) is 1. The normalized spacial score (nSPS) is 10.2. The van der Waals surface area contributed by atoms with Gasteiger partial charge < -0.3 is 14.2 Å². The maximum atomic E-state index is 12.1. The Labute approximate surface area is 147 Å². The molecule has 5 nitrogen and oxygen atoms in total. The minimum Gasteiger partial charge on any atom is -0.508 e. The largest absolute Gasteiger partial charge is 0.508 e. The van der Waals surface area contributed by atoms with Gasteiger partial charge in [0.25, 0.3) is 5.56 Å². The van der Waals surface area contributed by atoms with Crippen LogP contribution in [0.2, 0.25) is 0 Å². The SMILES string of the molecule is CCC.Cc1noc(C)c1-c1ccc(=O)n(Cc2cccc(O)c2)c1. The second-order valence-corrected chi connectivity index (χ2v) is 5.96. The molecule has 0 amide bonds. The maximum absolute atomic E-state index is 12.1. The van der Waals surface area contributed by atoms with E-state index in [1.807, 2.05) is 19.9 Å². The Morgan fingerprint density at radius 1 is 1.16 bits per heavy atom. The van der Waals surface area contributed by atoms with Crippen LogP contribution in [0.15, 0.2) is 51.9 Å². The van der Waals surface area contributed by atoms with Gasteiger partial charge in [0.2, 0.25) is 0 Å². The molecule has 25 heavy (non-hydrogen) atoms. The van der Waals surface area contributed by atoms with Crippen LogP contribution in [-0.2, 0) is 6.54 Å². The Bertz CT molecular complexity index is 874. The summed E-state index contributed by atoms with van der Waals surface area (Å²) in [6.07, 6.45) is 3.04. The standard InChI is InChI=1S/C17H16N2O3.C3H8/c1-11-17(12(2)22-18-11)14-6-7-16(21)19(10-14)9-13-4-3-5-15(20)8-13;1-3-2/h3-8,10,20H,9H2,1-2H3;3H2,1-2H3. The number of aromatic nitrogens is 2. The van der Waals surface area contributed by atoms with E-state index in [2.05, 4.69) is 19.0 Å². The molecular weight excluding hydrogens is 316 g/mol. The van der Waals surface area contributed by atoms with E-state index in [-0.39, 0.29) is 11.3 Å². The second-order valence-electron chi connectivity index (χ2n) is 5.96. The monoisotopic (exact) mass is 340 g/mol. The molecule has 0 unspecified atom stereocenters. The van der Waals surface area contributed by atoms with Gasteiger partial charge in [-0.3, -0.25) is 4.79 Å². The molecule has 0 fully saturated rings. The first-order chi connectivity index (χ1) is 12.0. The average Bonchev–Trinajstić information content (AvgIpc) is 2.89. The van der Waals surface area contributed by atoms with E-state index >= 15 is 0 Å². The number of pyridine rings is 1. The summed E-state index contributed by atoms with van der Waals surface area (Å²) in [6, 6.07) is 10.2. The highest BCUT2D eigenvalue weighted by Crippen LogP contribution is 2.25. The van der Waals surface area contributed by atoms with Gasteiger partial charge in [-0.2, -0.15) is 0 Å². The quantitative estimate of drug-likeness (QED) is 0.772. The van der Waals surface area contributed by atoms with Crippen molar-refractivity contribution in [2.24, 2.45) is 0 Å². The van der Waals surface area contributed by atoms with Crippen molar-refractivity contribution in [1.82, 2.24) is 9.72 Å². The highest BCUT2D eigenvalue weighted by atomic mass is 16.5. The summed E-state index contributed by atoms with van der Waals surface area (Å²) >= 11 is 0. The Hall–Kier alpha value is -2.82. The van der Waals surface area contributed by atoms with Crippen LogP contribution in [-0.4, -0.2) is 14.8 Å². The molecule has 132 valence electrons. The van der Waals surface area contributed by atoms with Crippen LogP contribution in [0.25, 0.3) is 11.1 Å². The average molecular weight is 340 g/mol. The smallest absolute Gasteiger partial charge is 0.250 e. The fraction of sp³-hybridized carbons (Fsp3) is 0.300. The number of phenols is 1. The molecular formula is C20H24N2O3. The number of rotatable bonds is 3. The predicted octanol–water partition coefficient (Wildman–Crippen LogP) is 4.29. The highest BCUT2D eigenvalue weighted by Gasteiger charge is 2.12. The molecule has 3 rings (SSSR count). The van der Waals surface area contributed by atoms with E-state index in [1.165, 1.54) is 12.5 Å². The number of benzene rings is 1. The fourth-order valence-electron chi connectivity index (χ4n) is 2.55. The lowest BCUT2D eigenvalue weighted by molar-refractivity contribution is 0.393. The zero-order chi connectivity index (χ0) is 18.4. The molecule has 0 bridgehead atoms. The number of aryl methyl sites for hydroxylation is 2. The van der Waals surface area contributed by atoms with Crippen molar-refractivity contribution in [1.29, 1.82) is 0 Å². The summed E-state index contributed by atoms with van der Waals surface area (Å²) < 4.78 is 6.79. The third-order valence-electron chi connectivity index (χ3n) is 3.57. The summed E-state index contributed by atoms with van der Waals surface area (Å²) in [5.41, 5.74) is 3.34. The first-order valence-electron chi connectivity index (χ1n) is 8.37. The molecule has 2 aromatic heterocycles. The van der Waals surface area contributed by atoms with Crippen molar-refractivity contribution in [3.8, 4) is 16.9 Å². The molecule has 5 heteroatoms. The molecule has 1 aromatic carbocycles. The Kier molecular flexibility index (Phi) is 6.17. The summed E-state index contributed by atoms with van der Waals surface area (Å²) in [5.74, 6) is 0.910. The van der Waals surface area contributed by atoms with E-state index in [4.69, 9.17) is 4.52 Å².